The summed E-state index contributed by atoms with van der Waals surface area (Å²) < 4.78 is 52.2. The Labute approximate surface area is 193 Å². The third-order valence-electron chi connectivity index (χ3n) is 5.19. The molecule has 1 N–H and O–H groups in total. The molecule has 0 spiro atoms. The van der Waals surface area contributed by atoms with Crippen LogP contribution in [0.5, 0.6) is 0 Å². The van der Waals surface area contributed by atoms with E-state index in [1.165, 1.54) is 18.0 Å². The number of carbonyl (C=O) groups excluding carboxylic acids is 2. The van der Waals surface area contributed by atoms with Gasteiger partial charge in [-0.3, -0.25) is 13.9 Å². The normalized spacial score (nSPS) is 12.2. The number of sulfonamides is 1. The van der Waals surface area contributed by atoms with E-state index < -0.39 is 27.7 Å². The van der Waals surface area contributed by atoms with Gasteiger partial charge in [0.05, 0.1) is 11.9 Å². The molecule has 2 aromatic carbocycles. The molecule has 0 aliphatic rings. The number of anilines is 1. The standard InChI is InChI=1S/C23H29F2N3O4S/c1-16-7-5-8-18(13-16)15-27(17(2)23(30)26-3)22(29)9-6-12-28(33(4,31)32)19-10-11-20(24)21(25)14-19/h5,7-8,10-11,13-14,17H,6,9,12,15H2,1-4H3,(H,26,30). The lowest BCUT2D eigenvalue weighted by atomic mass is 10.1. The van der Waals surface area contributed by atoms with E-state index in [-0.39, 0.29) is 43.4 Å². The van der Waals surface area contributed by atoms with Crippen molar-refractivity contribution in [3.05, 3.63) is 65.2 Å². The summed E-state index contributed by atoms with van der Waals surface area (Å²) in [6.07, 6.45) is 1.03. The molecule has 0 heterocycles. The predicted octanol–water partition coefficient (Wildman–Crippen LogP) is 2.98. The summed E-state index contributed by atoms with van der Waals surface area (Å²) in [5, 5.41) is 2.54. The van der Waals surface area contributed by atoms with Crippen molar-refractivity contribution in [1.82, 2.24) is 10.2 Å². The van der Waals surface area contributed by atoms with Gasteiger partial charge in [0.15, 0.2) is 11.6 Å². The van der Waals surface area contributed by atoms with Gasteiger partial charge in [-0.25, -0.2) is 17.2 Å². The molecule has 0 aromatic heterocycles. The Balaban J connectivity index is 2.16. The summed E-state index contributed by atoms with van der Waals surface area (Å²) in [6, 6.07) is 9.65. The van der Waals surface area contributed by atoms with Crippen molar-refractivity contribution in [2.24, 2.45) is 0 Å². The fourth-order valence-electron chi connectivity index (χ4n) is 3.44. The average molecular weight is 482 g/mol. The van der Waals surface area contributed by atoms with Gasteiger partial charge >= 0.3 is 0 Å². The molecule has 1 unspecified atom stereocenters. The van der Waals surface area contributed by atoms with E-state index in [1.807, 2.05) is 31.2 Å². The maximum Gasteiger partial charge on any atom is 0.242 e. The van der Waals surface area contributed by atoms with Crippen LogP contribution in [0.2, 0.25) is 0 Å². The van der Waals surface area contributed by atoms with Gasteiger partial charge in [-0.05, 0) is 38.0 Å². The molecule has 2 amide bonds. The number of halogens is 2. The van der Waals surface area contributed by atoms with Crippen LogP contribution in [0.15, 0.2) is 42.5 Å². The Hall–Kier alpha value is -3.01. The Kier molecular flexibility index (Phi) is 8.92. The number of nitrogens with zero attached hydrogens (tertiary/aromatic N) is 2. The lowest BCUT2D eigenvalue weighted by Gasteiger charge is -2.29. The van der Waals surface area contributed by atoms with Crippen molar-refractivity contribution in [1.29, 1.82) is 0 Å². The summed E-state index contributed by atoms with van der Waals surface area (Å²) in [7, 11) is -2.31. The van der Waals surface area contributed by atoms with Gasteiger partial charge in [-0.15, -0.1) is 0 Å². The van der Waals surface area contributed by atoms with Crippen LogP contribution in [0.25, 0.3) is 0 Å². The van der Waals surface area contributed by atoms with Crippen molar-refractivity contribution in [3.8, 4) is 0 Å². The molecule has 0 aliphatic carbocycles. The molecule has 33 heavy (non-hydrogen) atoms. The fourth-order valence-corrected chi connectivity index (χ4v) is 4.40. The van der Waals surface area contributed by atoms with Crippen LogP contribution in [0.1, 0.15) is 30.9 Å². The molecule has 10 heteroatoms. The van der Waals surface area contributed by atoms with Crippen LogP contribution in [0.3, 0.4) is 0 Å². The van der Waals surface area contributed by atoms with Crippen LogP contribution < -0.4 is 9.62 Å². The number of likely N-dealkylation sites (N-methyl/N-ethyl adjacent to an activating group) is 1. The number of aryl methyl sites for hydroxylation is 1. The molecular formula is C23H29F2N3O4S. The van der Waals surface area contributed by atoms with Crippen LogP contribution in [0, 0.1) is 18.6 Å². The van der Waals surface area contributed by atoms with Crippen molar-refractivity contribution in [2.75, 3.05) is 24.2 Å². The Morgan fingerprint density at radius 3 is 2.36 bits per heavy atom. The second-order valence-corrected chi connectivity index (χ2v) is 9.74. The minimum Gasteiger partial charge on any atom is -0.357 e. The van der Waals surface area contributed by atoms with Crippen LogP contribution >= 0.6 is 0 Å². The maximum absolute atomic E-state index is 13.6. The second kappa shape index (κ2) is 11.2. The van der Waals surface area contributed by atoms with Crippen LogP contribution in [-0.4, -0.2) is 51.0 Å². The van der Waals surface area contributed by atoms with Gasteiger partial charge in [0.25, 0.3) is 0 Å². The van der Waals surface area contributed by atoms with E-state index in [9.17, 15) is 26.8 Å². The van der Waals surface area contributed by atoms with E-state index in [0.717, 1.165) is 33.8 Å². The molecule has 2 rings (SSSR count). The Morgan fingerprint density at radius 1 is 1.09 bits per heavy atom. The van der Waals surface area contributed by atoms with Gasteiger partial charge < -0.3 is 10.2 Å². The highest BCUT2D eigenvalue weighted by atomic mass is 32.2. The highest BCUT2D eigenvalue weighted by molar-refractivity contribution is 7.92. The van der Waals surface area contributed by atoms with Gasteiger partial charge in [0.1, 0.15) is 6.04 Å². The summed E-state index contributed by atoms with van der Waals surface area (Å²) in [6.45, 7) is 3.66. The van der Waals surface area contributed by atoms with E-state index in [4.69, 9.17) is 0 Å². The first kappa shape index (κ1) is 26.2. The van der Waals surface area contributed by atoms with Gasteiger partial charge in [-0.1, -0.05) is 29.8 Å². The van der Waals surface area contributed by atoms with Gasteiger partial charge in [-0.2, -0.15) is 0 Å². The van der Waals surface area contributed by atoms with Crippen molar-refractivity contribution in [3.63, 3.8) is 0 Å². The lowest BCUT2D eigenvalue weighted by Crippen LogP contribution is -2.46. The first-order chi connectivity index (χ1) is 15.4. The van der Waals surface area contributed by atoms with Gasteiger partial charge in [0, 0.05) is 32.6 Å². The monoisotopic (exact) mass is 481 g/mol. The van der Waals surface area contributed by atoms with Crippen molar-refractivity contribution in [2.45, 2.75) is 39.3 Å². The third kappa shape index (κ3) is 7.24. The van der Waals surface area contributed by atoms with E-state index in [0.29, 0.717) is 0 Å². The molecule has 0 saturated carbocycles. The minimum atomic E-state index is -3.80. The molecule has 0 radical (unpaired) electrons. The number of nitrogens with one attached hydrogen (secondary N) is 1. The second-order valence-electron chi connectivity index (χ2n) is 7.84. The number of rotatable bonds is 10. The highest BCUT2D eigenvalue weighted by Gasteiger charge is 2.26. The SMILES string of the molecule is CNC(=O)C(C)N(Cc1cccc(C)c1)C(=O)CCCN(c1ccc(F)c(F)c1)S(C)(=O)=O. The topological polar surface area (TPSA) is 86.8 Å². The Morgan fingerprint density at radius 2 is 1.79 bits per heavy atom. The number of benzene rings is 2. The van der Waals surface area contributed by atoms with E-state index in [2.05, 4.69) is 5.32 Å². The van der Waals surface area contributed by atoms with Crippen LogP contribution in [0.4, 0.5) is 14.5 Å². The molecule has 1 atom stereocenters. The molecule has 0 aliphatic heterocycles. The highest BCUT2D eigenvalue weighted by Crippen LogP contribution is 2.21. The zero-order chi connectivity index (χ0) is 24.8. The number of amides is 2. The molecule has 180 valence electrons. The quantitative estimate of drug-likeness (QED) is 0.565. The summed E-state index contributed by atoms with van der Waals surface area (Å²) in [4.78, 5) is 26.7. The summed E-state index contributed by atoms with van der Waals surface area (Å²) in [5.74, 6) is -2.90. The van der Waals surface area contributed by atoms with Gasteiger partial charge in [0.2, 0.25) is 21.8 Å². The van der Waals surface area contributed by atoms with Crippen molar-refractivity contribution < 1.29 is 26.8 Å². The summed E-state index contributed by atoms with van der Waals surface area (Å²) >= 11 is 0. The van der Waals surface area contributed by atoms with E-state index >= 15 is 0 Å². The number of carbonyl (C=O) groups is 2. The summed E-state index contributed by atoms with van der Waals surface area (Å²) in [5.41, 5.74) is 1.85. The number of hydrogen-bond donors (Lipinski definition) is 1. The molecular weight excluding hydrogens is 452 g/mol. The smallest absolute Gasteiger partial charge is 0.242 e. The molecule has 0 bridgehead atoms. The van der Waals surface area contributed by atoms with Crippen LogP contribution in [-0.2, 0) is 26.2 Å². The largest absolute Gasteiger partial charge is 0.357 e. The fraction of sp³-hybridized carbons (Fsp3) is 0.391. The first-order valence-corrected chi connectivity index (χ1v) is 12.3. The first-order valence-electron chi connectivity index (χ1n) is 10.4. The molecule has 7 nitrogen and oxygen atoms in total. The lowest BCUT2D eigenvalue weighted by molar-refractivity contribution is -0.140. The third-order valence-corrected chi connectivity index (χ3v) is 6.39. The molecule has 2 aromatic rings. The molecule has 0 fully saturated rings. The zero-order valence-corrected chi connectivity index (χ0v) is 20.0. The van der Waals surface area contributed by atoms with Crippen molar-refractivity contribution >= 4 is 27.5 Å². The Bertz CT molecular complexity index is 1110. The minimum absolute atomic E-state index is 0.0285. The average Bonchev–Trinajstić information content (AvgIpc) is 2.75. The molecule has 0 saturated heterocycles. The number of hydrogen-bond acceptors (Lipinski definition) is 4. The van der Waals surface area contributed by atoms with E-state index in [1.54, 1.807) is 6.92 Å². The maximum atomic E-state index is 13.6. The predicted molar refractivity (Wildman–Crippen MR) is 123 cm³/mol. The zero-order valence-electron chi connectivity index (χ0n) is 19.1.